The van der Waals surface area contributed by atoms with Crippen LogP contribution in [-0.2, 0) is 28.1 Å². The predicted octanol–water partition coefficient (Wildman–Crippen LogP) is 12.2. The normalized spacial score (nSPS) is 11.9. The third kappa shape index (κ3) is 12.9. The van der Waals surface area contributed by atoms with E-state index in [2.05, 4.69) is 139 Å². The highest BCUT2D eigenvalue weighted by molar-refractivity contribution is 5.27. The maximum Gasteiger partial charge on any atom is 0.109 e. The summed E-state index contributed by atoms with van der Waals surface area (Å²) in [6.07, 6.45) is 0.982. The lowest BCUT2D eigenvalue weighted by molar-refractivity contribution is 0.388. The molecular weight excluding hydrogens is 516 g/mol. The molecule has 0 amide bonds. The molecule has 0 unspecified atom stereocenters. The zero-order valence-corrected chi connectivity index (χ0v) is 29.7. The molecule has 3 nitrogen and oxygen atoms in total. The van der Waals surface area contributed by atoms with Gasteiger partial charge in [0.15, 0.2) is 0 Å². The summed E-state index contributed by atoms with van der Waals surface area (Å²) >= 11 is 0. The van der Waals surface area contributed by atoms with Crippen molar-refractivity contribution in [3.8, 4) is 0 Å². The van der Waals surface area contributed by atoms with Gasteiger partial charge >= 0.3 is 0 Å². The largest absolute Gasteiger partial charge is 0.466 e. The first-order chi connectivity index (χ1) is 19.1. The van der Waals surface area contributed by atoms with Gasteiger partial charge in [-0.2, -0.15) is 0 Å². The maximum atomic E-state index is 5.60. The van der Waals surface area contributed by atoms with E-state index in [0.29, 0.717) is 5.41 Å². The monoisotopic (exact) mass is 576 g/mol. The second-order valence-electron chi connectivity index (χ2n) is 15.2. The van der Waals surface area contributed by atoms with Gasteiger partial charge in [-0.3, -0.25) is 0 Å². The van der Waals surface area contributed by atoms with Crippen molar-refractivity contribution in [2.75, 3.05) is 0 Å². The molecule has 4 rings (SSSR count). The van der Waals surface area contributed by atoms with E-state index < -0.39 is 0 Å². The Labute approximate surface area is 258 Å². The highest BCUT2D eigenvalue weighted by Crippen LogP contribution is 2.28. The Morgan fingerprint density at radius 1 is 0.500 bits per heavy atom. The Morgan fingerprint density at radius 2 is 1.00 bits per heavy atom. The van der Waals surface area contributed by atoms with Crippen LogP contribution >= 0.6 is 0 Å². The Hall–Kier alpha value is -2.94. The molecule has 0 aliphatic carbocycles. The van der Waals surface area contributed by atoms with Crippen LogP contribution in [0.15, 0.2) is 73.9 Å². The number of furan rings is 3. The van der Waals surface area contributed by atoms with Crippen LogP contribution in [0, 0.1) is 20.8 Å². The van der Waals surface area contributed by atoms with Crippen molar-refractivity contribution in [2.45, 2.75) is 139 Å². The van der Waals surface area contributed by atoms with Gasteiger partial charge in [-0.25, -0.2) is 0 Å². The Balaban J connectivity index is 0.000000280. The molecule has 0 aliphatic heterocycles. The van der Waals surface area contributed by atoms with Gasteiger partial charge < -0.3 is 13.3 Å². The van der Waals surface area contributed by atoms with Gasteiger partial charge in [-0.15, -0.1) is 0 Å². The Kier molecular flexibility index (Phi) is 13.2. The molecule has 1 aromatic carbocycles. The van der Waals surface area contributed by atoms with E-state index in [4.69, 9.17) is 13.3 Å². The molecule has 0 aliphatic rings. The molecule has 0 atom stereocenters. The summed E-state index contributed by atoms with van der Waals surface area (Å²) in [5, 5.41) is 0. The zero-order valence-electron chi connectivity index (χ0n) is 29.7. The smallest absolute Gasteiger partial charge is 0.109 e. The molecule has 4 aromatic rings. The topological polar surface area (TPSA) is 39.4 Å². The number of hydrogen-bond acceptors (Lipinski definition) is 3. The first kappa shape index (κ1) is 37.1. The average Bonchev–Trinajstić information content (AvgIpc) is 3.59. The van der Waals surface area contributed by atoms with Crippen molar-refractivity contribution >= 4 is 0 Å². The number of rotatable bonds is 1. The fourth-order valence-corrected chi connectivity index (χ4v) is 4.12. The highest BCUT2D eigenvalue weighted by atomic mass is 16.3. The quantitative estimate of drug-likeness (QED) is 0.226. The Morgan fingerprint density at radius 3 is 1.24 bits per heavy atom. The molecule has 234 valence electrons. The van der Waals surface area contributed by atoms with Gasteiger partial charge in [-0.05, 0) is 73.1 Å². The highest BCUT2D eigenvalue weighted by Gasteiger charge is 2.19. The van der Waals surface area contributed by atoms with Crippen LogP contribution in [0.5, 0.6) is 0 Å². The molecular formula is C39H60O3. The van der Waals surface area contributed by atoms with Crippen LogP contribution in [0.3, 0.4) is 0 Å². The fraction of sp³-hybridized carbons (Fsp3) is 0.538. The molecule has 3 heterocycles. The molecule has 0 bridgehead atoms. The van der Waals surface area contributed by atoms with Crippen LogP contribution in [-0.4, -0.2) is 0 Å². The van der Waals surface area contributed by atoms with Crippen molar-refractivity contribution in [1.29, 1.82) is 0 Å². The lowest BCUT2D eigenvalue weighted by atomic mass is 9.87. The van der Waals surface area contributed by atoms with Crippen LogP contribution in [0.25, 0.3) is 0 Å². The van der Waals surface area contributed by atoms with E-state index in [1.807, 2.05) is 32.9 Å². The summed E-state index contributed by atoms with van der Waals surface area (Å²) in [5.41, 5.74) is 3.51. The summed E-state index contributed by atoms with van der Waals surface area (Å²) < 4.78 is 16.5. The molecule has 0 spiro atoms. The van der Waals surface area contributed by atoms with Gasteiger partial charge in [0.05, 0.1) is 0 Å². The molecule has 0 saturated carbocycles. The number of aryl methyl sites for hydroxylation is 4. The maximum absolute atomic E-state index is 5.60. The second-order valence-corrected chi connectivity index (χ2v) is 15.2. The molecule has 0 N–H and O–H groups in total. The van der Waals surface area contributed by atoms with E-state index in [9.17, 15) is 0 Å². The molecule has 3 heteroatoms. The first-order valence-electron chi connectivity index (χ1n) is 15.3. The van der Waals surface area contributed by atoms with Crippen LogP contribution in [0.2, 0.25) is 0 Å². The number of benzene rings is 1. The van der Waals surface area contributed by atoms with E-state index in [1.54, 1.807) is 0 Å². The van der Waals surface area contributed by atoms with Gasteiger partial charge in [0.2, 0.25) is 0 Å². The van der Waals surface area contributed by atoms with Gasteiger partial charge in [0.1, 0.15) is 34.6 Å². The zero-order chi connectivity index (χ0) is 32.5. The summed E-state index contributed by atoms with van der Waals surface area (Å²) in [7, 11) is 0. The van der Waals surface area contributed by atoms with Crippen LogP contribution < -0.4 is 0 Å². The predicted molar refractivity (Wildman–Crippen MR) is 181 cm³/mol. The minimum absolute atomic E-state index is 0.146. The SMILES string of the molecule is CC(C)(C)c1ccccc1.CCc1ccc(C(C)(C)C)o1.Cc1cc(C(C)(C)C)c(C)o1.Cc1ccc(C(C)(C)C)o1. The third-order valence-electron chi connectivity index (χ3n) is 6.72. The Bertz CT molecular complexity index is 1300. The standard InChI is InChI=1S/2C10H16O.C10H14.C9H14O/c1-7-6-9(8(2)11-7)10(3,4)5;1-5-8-6-7-9(11-8)10(2,3)4;1-10(2,3)9-7-5-4-6-8-9;1-7-5-6-8(10-7)9(2,3)4/h6H,1-5H3;6-7H,5H2,1-4H3;4-8H,1-3H3;5-6H,1-4H3. The van der Waals surface area contributed by atoms with E-state index in [-0.39, 0.29) is 16.2 Å². The van der Waals surface area contributed by atoms with Crippen LogP contribution in [0.1, 0.15) is 136 Å². The van der Waals surface area contributed by atoms with Crippen molar-refractivity contribution in [1.82, 2.24) is 0 Å². The minimum atomic E-state index is 0.146. The molecule has 42 heavy (non-hydrogen) atoms. The molecule has 0 saturated heterocycles. The molecule has 0 fully saturated rings. The third-order valence-corrected chi connectivity index (χ3v) is 6.72. The number of hydrogen-bond donors (Lipinski definition) is 0. The molecule has 3 aromatic heterocycles. The van der Waals surface area contributed by atoms with E-state index in [1.165, 1.54) is 11.1 Å². The summed E-state index contributed by atoms with van der Waals surface area (Å²) in [6, 6.07) is 20.8. The summed E-state index contributed by atoms with van der Waals surface area (Å²) in [4.78, 5) is 0. The molecule has 0 radical (unpaired) electrons. The minimum Gasteiger partial charge on any atom is -0.466 e. The second kappa shape index (κ2) is 15.0. The lowest BCUT2D eigenvalue weighted by Gasteiger charge is -2.18. The fourth-order valence-electron chi connectivity index (χ4n) is 4.12. The van der Waals surface area contributed by atoms with Crippen molar-refractivity contribution in [2.24, 2.45) is 0 Å². The first-order valence-corrected chi connectivity index (χ1v) is 15.3. The van der Waals surface area contributed by atoms with Gasteiger partial charge in [0.25, 0.3) is 0 Å². The van der Waals surface area contributed by atoms with E-state index in [0.717, 1.165) is 41.0 Å². The summed E-state index contributed by atoms with van der Waals surface area (Å²) in [6.45, 7) is 34.3. The van der Waals surface area contributed by atoms with Crippen molar-refractivity contribution in [3.63, 3.8) is 0 Å². The lowest BCUT2D eigenvalue weighted by Crippen LogP contribution is -2.10. The average molecular weight is 577 g/mol. The van der Waals surface area contributed by atoms with Crippen molar-refractivity contribution < 1.29 is 13.3 Å². The van der Waals surface area contributed by atoms with Crippen molar-refractivity contribution in [3.05, 3.63) is 106 Å². The van der Waals surface area contributed by atoms with Gasteiger partial charge in [0, 0.05) is 17.3 Å². The van der Waals surface area contributed by atoms with Crippen LogP contribution in [0.4, 0.5) is 0 Å². The summed E-state index contributed by atoms with van der Waals surface area (Å²) in [5.74, 6) is 6.27. The van der Waals surface area contributed by atoms with Gasteiger partial charge in [-0.1, -0.05) is 120 Å². The van der Waals surface area contributed by atoms with E-state index >= 15 is 0 Å².